The van der Waals surface area contributed by atoms with Gasteiger partial charge < -0.3 is 19.9 Å². The highest BCUT2D eigenvalue weighted by Gasteiger charge is 2.07. The molecule has 0 fully saturated rings. The number of halogens is 1. The van der Waals surface area contributed by atoms with Crippen molar-refractivity contribution in [3.05, 3.63) is 22.7 Å². The third-order valence-electron chi connectivity index (χ3n) is 1.89. The van der Waals surface area contributed by atoms with Gasteiger partial charge in [0, 0.05) is 6.54 Å². The second-order valence-corrected chi connectivity index (χ2v) is 3.88. The highest BCUT2D eigenvalue weighted by atomic mass is 79.9. The predicted molar refractivity (Wildman–Crippen MR) is 66.1 cm³/mol. The lowest BCUT2D eigenvalue weighted by atomic mass is 10.3. The number of rotatable bonds is 7. The maximum Gasteiger partial charge on any atom is 0.175 e. The summed E-state index contributed by atoms with van der Waals surface area (Å²) in [7, 11) is 1.61. The lowest BCUT2D eigenvalue weighted by Gasteiger charge is -2.12. The SMILES string of the molecule is COc1cccc(Br)c1OCCOCCN. The van der Waals surface area contributed by atoms with Crippen LogP contribution in [0.4, 0.5) is 0 Å². The molecule has 0 spiro atoms. The van der Waals surface area contributed by atoms with E-state index >= 15 is 0 Å². The zero-order chi connectivity index (χ0) is 11.8. The van der Waals surface area contributed by atoms with Crippen molar-refractivity contribution in [1.29, 1.82) is 0 Å². The maximum atomic E-state index is 5.57. The summed E-state index contributed by atoms with van der Waals surface area (Å²) in [5.41, 5.74) is 5.30. The molecule has 0 saturated heterocycles. The molecule has 0 radical (unpaired) electrons. The Morgan fingerprint density at radius 1 is 1.25 bits per heavy atom. The van der Waals surface area contributed by atoms with Crippen LogP contribution in [0.1, 0.15) is 0 Å². The van der Waals surface area contributed by atoms with Gasteiger partial charge in [0.25, 0.3) is 0 Å². The summed E-state index contributed by atoms with van der Waals surface area (Å²) in [6.07, 6.45) is 0. The number of para-hydroxylation sites is 1. The van der Waals surface area contributed by atoms with Crippen LogP contribution in [0.5, 0.6) is 11.5 Å². The number of methoxy groups -OCH3 is 1. The van der Waals surface area contributed by atoms with E-state index in [0.717, 1.165) is 4.47 Å². The minimum absolute atomic E-state index is 0.471. The van der Waals surface area contributed by atoms with Crippen LogP contribution < -0.4 is 15.2 Å². The van der Waals surface area contributed by atoms with E-state index in [4.69, 9.17) is 19.9 Å². The quantitative estimate of drug-likeness (QED) is 0.778. The first-order valence-electron chi connectivity index (χ1n) is 5.02. The molecule has 0 amide bonds. The average molecular weight is 290 g/mol. The maximum absolute atomic E-state index is 5.57. The van der Waals surface area contributed by atoms with E-state index in [2.05, 4.69) is 15.9 Å². The molecule has 1 aromatic rings. The molecule has 1 rings (SSSR count). The van der Waals surface area contributed by atoms with Crippen LogP contribution in [0.25, 0.3) is 0 Å². The molecule has 1 aromatic carbocycles. The van der Waals surface area contributed by atoms with Gasteiger partial charge in [-0.05, 0) is 28.1 Å². The van der Waals surface area contributed by atoms with Crippen LogP contribution in [-0.2, 0) is 4.74 Å². The molecular weight excluding hydrogens is 274 g/mol. The summed E-state index contributed by atoms with van der Waals surface area (Å²) in [5.74, 6) is 1.40. The van der Waals surface area contributed by atoms with Crippen molar-refractivity contribution in [3.63, 3.8) is 0 Å². The number of benzene rings is 1. The smallest absolute Gasteiger partial charge is 0.175 e. The fourth-order valence-electron chi connectivity index (χ4n) is 1.18. The molecule has 0 aromatic heterocycles. The normalized spacial score (nSPS) is 10.2. The topological polar surface area (TPSA) is 53.7 Å². The van der Waals surface area contributed by atoms with Gasteiger partial charge in [0.15, 0.2) is 11.5 Å². The van der Waals surface area contributed by atoms with Crippen molar-refractivity contribution in [2.75, 3.05) is 33.5 Å². The van der Waals surface area contributed by atoms with E-state index in [1.165, 1.54) is 0 Å². The van der Waals surface area contributed by atoms with Crippen molar-refractivity contribution in [3.8, 4) is 11.5 Å². The summed E-state index contributed by atoms with van der Waals surface area (Å²) in [6, 6.07) is 5.64. The van der Waals surface area contributed by atoms with Gasteiger partial charge in [0.1, 0.15) is 6.61 Å². The Bertz CT molecular complexity index is 320. The van der Waals surface area contributed by atoms with E-state index in [9.17, 15) is 0 Å². The van der Waals surface area contributed by atoms with Crippen molar-refractivity contribution in [2.45, 2.75) is 0 Å². The number of hydrogen-bond acceptors (Lipinski definition) is 4. The molecule has 0 heterocycles. The molecule has 90 valence electrons. The number of ether oxygens (including phenoxy) is 3. The van der Waals surface area contributed by atoms with Gasteiger partial charge in [0.05, 0.1) is 24.8 Å². The van der Waals surface area contributed by atoms with Gasteiger partial charge in [0.2, 0.25) is 0 Å². The predicted octanol–water partition coefficient (Wildman–Crippen LogP) is 1.81. The Labute approximate surface area is 104 Å². The van der Waals surface area contributed by atoms with E-state index < -0.39 is 0 Å². The summed E-state index contributed by atoms with van der Waals surface area (Å²) in [5, 5.41) is 0. The van der Waals surface area contributed by atoms with Gasteiger partial charge in [-0.15, -0.1) is 0 Å². The molecule has 0 atom stereocenters. The van der Waals surface area contributed by atoms with Crippen molar-refractivity contribution < 1.29 is 14.2 Å². The minimum Gasteiger partial charge on any atom is -0.493 e. The molecular formula is C11H16BrNO3. The van der Waals surface area contributed by atoms with Crippen molar-refractivity contribution in [2.24, 2.45) is 5.73 Å². The Kier molecular flexibility index (Phi) is 6.22. The van der Waals surface area contributed by atoms with E-state index in [-0.39, 0.29) is 0 Å². The molecule has 0 aliphatic rings. The fourth-order valence-corrected chi connectivity index (χ4v) is 1.64. The molecule has 0 aliphatic carbocycles. The first-order valence-corrected chi connectivity index (χ1v) is 5.82. The number of nitrogens with two attached hydrogens (primary N) is 1. The minimum atomic E-state index is 0.471. The standard InChI is InChI=1S/C11H16BrNO3/c1-14-10-4-2-3-9(12)11(10)16-8-7-15-6-5-13/h2-4H,5-8,13H2,1H3. The van der Waals surface area contributed by atoms with Gasteiger partial charge in [-0.25, -0.2) is 0 Å². The Hall–Kier alpha value is -0.780. The van der Waals surface area contributed by atoms with E-state index in [0.29, 0.717) is 37.9 Å². The van der Waals surface area contributed by atoms with E-state index in [1.807, 2.05) is 18.2 Å². The third-order valence-corrected chi connectivity index (χ3v) is 2.51. The van der Waals surface area contributed by atoms with Crippen LogP contribution in [0.3, 0.4) is 0 Å². The van der Waals surface area contributed by atoms with Gasteiger partial charge >= 0.3 is 0 Å². The highest BCUT2D eigenvalue weighted by molar-refractivity contribution is 9.10. The zero-order valence-electron chi connectivity index (χ0n) is 9.24. The Balaban J connectivity index is 2.46. The molecule has 5 heteroatoms. The van der Waals surface area contributed by atoms with Crippen LogP contribution in [-0.4, -0.2) is 33.5 Å². The molecule has 2 N–H and O–H groups in total. The first kappa shape index (κ1) is 13.3. The lowest BCUT2D eigenvalue weighted by molar-refractivity contribution is 0.104. The fraction of sp³-hybridized carbons (Fsp3) is 0.455. The Morgan fingerprint density at radius 2 is 2.06 bits per heavy atom. The monoisotopic (exact) mass is 289 g/mol. The van der Waals surface area contributed by atoms with Gasteiger partial charge in [-0.1, -0.05) is 6.07 Å². The summed E-state index contributed by atoms with van der Waals surface area (Å²) >= 11 is 3.40. The van der Waals surface area contributed by atoms with Gasteiger partial charge in [-0.3, -0.25) is 0 Å². The third kappa shape index (κ3) is 4.00. The van der Waals surface area contributed by atoms with Crippen molar-refractivity contribution in [1.82, 2.24) is 0 Å². The highest BCUT2D eigenvalue weighted by Crippen LogP contribution is 2.34. The Morgan fingerprint density at radius 3 is 2.75 bits per heavy atom. The molecule has 0 aliphatic heterocycles. The summed E-state index contributed by atoms with van der Waals surface area (Å²) < 4.78 is 16.8. The van der Waals surface area contributed by atoms with Crippen LogP contribution in [0.15, 0.2) is 22.7 Å². The second kappa shape index (κ2) is 7.49. The van der Waals surface area contributed by atoms with Crippen molar-refractivity contribution >= 4 is 15.9 Å². The molecule has 4 nitrogen and oxygen atoms in total. The molecule has 16 heavy (non-hydrogen) atoms. The molecule has 0 saturated carbocycles. The lowest BCUT2D eigenvalue weighted by Crippen LogP contribution is -2.13. The average Bonchev–Trinajstić information content (AvgIpc) is 2.30. The molecule has 0 bridgehead atoms. The summed E-state index contributed by atoms with van der Waals surface area (Å²) in [4.78, 5) is 0. The van der Waals surface area contributed by atoms with Crippen LogP contribution in [0, 0.1) is 0 Å². The van der Waals surface area contributed by atoms with Crippen LogP contribution in [0.2, 0.25) is 0 Å². The zero-order valence-corrected chi connectivity index (χ0v) is 10.8. The first-order chi connectivity index (χ1) is 7.79. The largest absolute Gasteiger partial charge is 0.493 e. The number of hydrogen-bond donors (Lipinski definition) is 1. The molecule has 0 unspecified atom stereocenters. The van der Waals surface area contributed by atoms with Crippen LogP contribution >= 0.6 is 15.9 Å². The second-order valence-electron chi connectivity index (χ2n) is 3.02. The summed E-state index contributed by atoms with van der Waals surface area (Å²) in [6.45, 7) is 2.06. The van der Waals surface area contributed by atoms with E-state index in [1.54, 1.807) is 7.11 Å². The van der Waals surface area contributed by atoms with Gasteiger partial charge in [-0.2, -0.15) is 0 Å².